The summed E-state index contributed by atoms with van der Waals surface area (Å²) < 4.78 is 0. The topological polar surface area (TPSA) is 12.9 Å². The van der Waals surface area contributed by atoms with Crippen molar-refractivity contribution >= 4 is 18.2 Å². The number of hydrogen-bond acceptors (Lipinski definition) is 2. The Labute approximate surface area is 72.6 Å². The lowest BCUT2D eigenvalue weighted by molar-refractivity contribution is 1.18. The van der Waals surface area contributed by atoms with Gasteiger partial charge in [-0.25, -0.2) is 0 Å². The van der Waals surface area contributed by atoms with Crippen molar-refractivity contribution in [1.29, 1.82) is 0 Å². The van der Waals surface area contributed by atoms with Gasteiger partial charge in [0.1, 0.15) is 0 Å². The zero-order valence-corrected chi connectivity index (χ0v) is 7.38. The lowest BCUT2D eigenvalue weighted by atomic mass is 10.1. The third-order valence-electron chi connectivity index (χ3n) is 1.53. The third-order valence-corrected chi connectivity index (χ3v) is 1.84. The molecule has 0 saturated heterocycles. The maximum absolute atomic E-state index is 4.20. The summed E-state index contributed by atoms with van der Waals surface area (Å²) in [5, 5.41) is 1.81. The first-order valence-electron chi connectivity index (χ1n) is 3.63. The number of hydrogen-bond donors (Lipinski definition) is 1. The highest BCUT2D eigenvalue weighted by Gasteiger charge is 1.96. The van der Waals surface area contributed by atoms with Gasteiger partial charge in [0.15, 0.2) is 0 Å². The second-order valence-corrected chi connectivity index (χ2v) is 2.48. The minimum absolute atomic E-state index is 0.973. The number of thiol groups is 1. The molecular formula is C9H11NS. The molecule has 1 rings (SSSR count). The van der Waals surface area contributed by atoms with Gasteiger partial charge in [-0.1, -0.05) is 13.0 Å². The summed E-state index contributed by atoms with van der Waals surface area (Å²) in [6, 6.07) is 5.89. The van der Waals surface area contributed by atoms with Gasteiger partial charge in [-0.15, -0.1) is 0 Å². The van der Waals surface area contributed by atoms with Crippen LogP contribution in [0.2, 0.25) is 0 Å². The fourth-order valence-corrected chi connectivity index (χ4v) is 1.21. The molecule has 0 atom stereocenters. The van der Waals surface area contributed by atoms with Crippen LogP contribution in [-0.4, -0.2) is 4.98 Å². The number of nitrogens with zero attached hydrogens (tertiary/aromatic N) is 1. The standard InChI is InChI=1S/C9H11NS/c1-2-8(7-11)9-5-3-4-6-10-9/h3-7,11H,2H2,1H3/b8-7-. The van der Waals surface area contributed by atoms with Crippen LogP contribution in [0.5, 0.6) is 0 Å². The highest BCUT2D eigenvalue weighted by Crippen LogP contribution is 2.15. The van der Waals surface area contributed by atoms with Gasteiger partial charge in [0.05, 0.1) is 5.69 Å². The van der Waals surface area contributed by atoms with Crippen molar-refractivity contribution in [2.45, 2.75) is 13.3 Å². The zero-order chi connectivity index (χ0) is 8.10. The molecule has 2 heteroatoms. The Kier molecular flexibility index (Phi) is 3.17. The summed E-state index contributed by atoms with van der Waals surface area (Å²) in [5.41, 5.74) is 2.19. The summed E-state index contributed by atoms with van der Waals surface area (Å²) in [7, 11) is 0. The van der Waals surface area contributed by atoms with Crippen LogP contribution < -0.4 is 0 Å². The van der Waals surface area contributed by atoms with Crippen molar-refractivity contribution in [1.82, 2.24) is 4.98 Å². The molecule has 0 bridgehead atoms. The van der Waals surface area contributed by atoms with Crippen LogP contribution in [0, 0.1) is 0 Å². The van der Waals surface area contributed by atoms with E-state index in [0.29, 0.717) is 0 Å². The van der Waals surface area contributed by atoms with Gasteiger partial charge in [0.25, 0.3) is 0 Å². The monoisotopic (exact) mass is 165 g/mol. The summed E-state index contributed by atoms with van der Waals surface area (Å²) in [5.74, 6) is 0. The van der Waals surface area contributed by atoms with Crippen LogP contribution in [0.4, 0.5) is 0 Å². The lowest BCUT2D eigenvalue weighted by Gasteiger charge is -2.00. The Morgan fingerprint density at radius 2 is 2.45 bits per heavy atom. The van der Waals surface area contributed by atoms with Gasteiger partial charge in [0, 0.05) is 6.20 Å². The number of pyridine rings is 1. The van der Waals surface area contributed by atoms with Crippen LogP contribution in [0.3, 0.4) is 0 Å². The fraction of sp³-hybridized carbons (Fsp3) is 0.222. The van der Waals surface area contributed by atoms with Crippen molar-refractivity contribution in [3.8, 4) is 0 Å². The van der Waals surface area contributed by atoms with Crippen LogP contribution in [-0.2, 0) is 0 Å². The van der Waals surface area contributed by atoms with E-state index in [-0.39, 0.29) is 0 Å². The number of allylic oxidation sites excluding steroid dienone is 1. The van der Waals surface area contributed by atoms with E-state index < -0.39 is 0 Å². The molecule has 0 unspecified atom stereocenters. The quantitative estimate of drug-likeness (QED) is 0.665. The first-order chi connectivity index (χ1) is 5.38. The van der Waals surface area contributed by atoms with Crippen molar-refractivity contribution in [3.63, 3.8) is 0 Å². The van der Waals surface area contributed by atoms with E-state index in [9.17, 15) is 0 Å². The molecule has 0 saturated carbocycles. The summed E-state index contributed by atoms with van der Waals surface area (Å²) in [6.45, 7) is 2.09. The zero-order valence-electron chi connectivity index (χ0n) is 6.49. The molecule has 1 heterocycles. The van der Waals surface area contributed by atoms with E-state index in [1.807, 2.05) is 23.6 Å². The minimum atomic E-state index is 0.973. The Bertz CT molecular complexity index is 241. The third kappa shape index (κ3) is 2.09. The predicted molar refractivity (Wildman–Crippen MR) is 51.5 cm³/mol. The summed E-state index contributed by atoms with van der Waals surface area (Å²) in [4.78, 5) is 4.20. The van der Waals surface area contributed by atoms with Gasteiger partial charge in [-0.3, -0.25) is 4.98 Å². The SMILES string of the molecule is CC/C(=C/S)c1ccccn1. The Balaban J connectivity index is 2.92. The smallest absolute Gasteiger partial charge is 0.0666 e. The lowest BCUT2D eigenvalue weighted by Crippen LogP contribution is -1.84. The molecular weight excluding hydrogens is 154 g/mol. The van der Waals surface area contributed by atoms with Crippen LogP contribution in [0.1, 0.15) is 19.0 Å². The van der Waals surface area contributed by atoms with Gasteiger partial charge in [0.2, 0.25) is 0 Å². The number of aromatic nitrogens is 1. The van der Waals surface area contributed by atoms with Crippen LogP contribution in [0.25, 0.3) is 5.57 Å². The number of rotatable bonds is 2. The molecule has 11 heavy (non-hydrogen) atoms. The van der Waals surface area contributed by atoms with Gasteiger partial charge < -0.3 is 0 Å². The molecule has 0 amide bonds. The molecule has 0 N–H and O–H groups in total. The van der Waals surface area contributed by atoms with Gasteiger partial charge in [-0.05, 0) is 29.5 Å². The second-order valence-electron chi connectivity index (χ2n) is 2.22. The van der Waals surface area contributed by atoms with E-state index in [0.717, 1.165) is 12.1 Å². The van der Waals surface area contributed by atoms with E-state index in [1.165, 1.54) is 5.57 Å². The van der Waals surface area contributed by atoms with Crippen molar-refractivity contribution in [3.05, 3.63) is 35.5 Å². The Morgan fingerprint density at radius 1 is 1.64 bits per heavy atom. The van der Waals surface area contributed by atoms with E-state index in [2.05, 4.69) is 24.5 Å². The van der Waals surface area contributed by atoms with Crippen LogP contribution >= 0.6 is 12.6 Å². The van der Waals surface area contributed by atoms with Gasteiger partial charge >= 0.3 is 0 Å². The Morgan fingerprint density at radius 3 is 2.91 bits per heavy atom. The molecule has 1 aromatic heterocycles. The second kappa shape index (κ2) is 4.19. The maximum Gasteiger partial charge on any atom is 0.0666 e. The predicted octanol–water partition coefficient (Wildman–Crippen LogP) is 2.76. The largest absolute Gasteiger partial charge is 0.257 e. The molecule has 0 fully saturated rings. The van der Waals surface area contributed by atoms with Crippen molar-refractivity contribution < 1.29 is 0 Å². The first-order valence-corrected chi connectivity index (χ1v) is 4.14. The van der Waals surface area contributed by atoms with E-state index >= 15 is 0 Å². The molecule has 0 aliphatic carbocycles. The van der Waals surface area contributed by atoms with Crippen molar-refractivity contribution in [2.75, 3.05) is 0 Å². The minimum Gasteiger partial charge on any atom is -0.257 e. The molecule has 58 valence electrons. The first kappa shape index (κ1) is 8.34. The highest BCUT2D eigenvalue weighted by atomic mass is 32.1. The summed E-state index contributed by atoms with van der Waals surface area (Å²) in [6.07, 6.45) is 2.77. The average Bonchev–Trinajstić information content (AvgIpc) is 2.09. The fourth-order valence-electron chi connectivity index (χ4n) is 0.891. The highest BCUT2D eigenvalue weighted by molar-refractivity contribution is 7.83. The van der Waals surface area contributed by atoms with E-state index in [4.69, 9.17) is 0 Å². The molecule has 1 aromatic rings. The molecule has 0 aliphatic rings. The van der Waals surface area contributed by atoms with Gasteiger partial charge in [-0.2, -0.15) is 12.6 Å². The molecule has 0 aliphatic heterocycles. The van der Waals surface area contributed by atoms with Crippen LogP contribution in [0.15, 0.2) is 29.8 Å². The maximum atomic E-state index is 4.20. The molecule has 0 radical (unpaired) electrons. The van der Waals surface area contributed by atoms with Crippen molar-refractivity contribution in [2.24, 2.45) is 0 Å². The summed E-state index contributed by atoms with van der Waals surface area (Å²) >= 11 is 4.10. The molecule has 1 nitrogen and oxygen atoms in total. The Hall–Kier alpha value is -0.760. The molecule has 0 aromatic carbocycles. The molecule has 0 spiro atoms. The average molecular weight is 165 g/mol. The van der Waals surface area contributed by atoms with E-state index in [1.54, 1.807) is 6.20 Å². The normalized spacial score (nSPS) is 11.6.